The fourth-order valence-electron chi connectivity index (χ4n) is 2.25. The van der Waals surface area contributed by atoms with Gasteiger partial charge in [0, 0.05) is 18.8 Å². The van der Waals surface area contributed by atoms with Crippen LogP contribution in [-0.2, 0) is 0 Å². The average Bonchev–Trinajstić information content (AvgIpc) is 2.55. The molecule has 21 heavy (non-hydrogen) atoms. The fraction of sp³-hybridized carbons (Fsp3) is 0.211. The maximum absolute atomic E-state index is 8.78. The van der Waals surface area contributed by atoms with Gasteiger partial charge < -0.3 is 4.90 Å². The van der Waals surface area contributed by atoms with Crippen molar-refractivity contribution in [1.29, 1.82) is 5.26 Å². The van der Waals surface area contributed by atoms with Crippen LogP contribution in [0.2, 0.25) is 0 Å². The van der Waals surface area contributed by atoms with Gasteiger partial charge in [0.1, 0.15) is 0 Å². The van der Waals surface area contributed by atoms with Crippen LogP contribution >= 0.6 is 0 Å². The monoisotopic (exact) mass is 276 g/mol. The van der Waals surface area contributed by atoms with Crippen molar-refractivity contribution in [3.8, 4) is 6.07 Å². The van der Waals surface area contributed by atoms with E-state index in [4.69, 9.17) is 5.26 Å². The van der Waals surface area contributed by atoms with E-state index >= 15 is 0 Å². The first kappa shape index (κ1) is 14.9. The maximum Gasteiger partial charge on any atom is 0.0991 e. The Morgan fingerprint density at radius 2 is 1.33 bits per heavy atom. The normalized spacial score (nSPS) is 10.5. The minimum Gasteiger partial charge on any atom is -0.372 e. The van der Waals surface area contributed by atoms with Crippen LogP contribution in [0.1, 0.15) is 30.5 Å². The van der Waals surface area contributed by atoms with Gasteiger partial charge in [0.15, 0.2) is 0 Å². The number of rotatable bonds is 5. The average molecular weight is 276 g/mol. The van der Waals surface area contributed by atoms with Crippen molar-refractivity contribution < 1.29 is 0 Å². The zero-order chi connectivity index (χ0) is 15.1. The van der Waals surface area contributed by atoms with Gasteiger partial charge in [-0.05, 0) is 49.2 Å². The quantitative estimate of drug-likeness (QED) is 0.748. The van der Waals surface area contributed by atoms with Crippen molar-refractivity contribution in [3.05, 3.63) is 65.2 Å². The van der Waals surface area contributed by atoms with Crippen LogP contribution in [0.15, 0.2) is 48.5 Å². The van der Waals surface area contributed by atoms with E-state index in [9.17, 15) is 0 Å². The Bertz CT molecular complexity index is 627. The molecule has 0 saturated heterocycles. The lowest BCUT2D eigenvalue weighted by atomic mass is 10.1. The Kier molecular flexibility index (Phi) is 5.17. The summed E-state index contributed by atoms with van der Waals surface area (Å²) >= 11 is 0. The number of anilines is 1. The summed E-state index contributed by atoms with van der Waals surface area (Å²) in [5, 5.41) is 8.78. The highest BCUT2D eigenvalue weighted by atomic mass is 15.1. The van der Waals surface area contributed by atoms with Gasteiger partial charge in [-0.25, -0.2) is 0 Å². The molecule has 2 heteroatoms. The Morgan fingerprint density at radius 3 is 1.76 bits per heavy atom. The number of nitrogens with zero attached hydrogens (tertiary/aromatic N) is 2. The first-order valence-electron chi connectivity index (χ1n) is 7.30. The lowest BCUT2D eigenvalue weighted by Gasteiger charge is -2.20. The number of nitriles is 1. The summed E-state index contributed by atoms with van der Waals surface area (Å²) < 4.78 is 0. The molecule has 0 unspecified atom stereocenters. The molecule has 0 saturated carbocycles. The van der Waals surface area contributed by atoms with Gasteiger partial charge in [0.2, 0.25) is 0 Å². The highest BCUT2D eigenvalue weighted by molar-refractivity contribution is 5.70. The third-order valence-corrected chi connectivity index (χ3v) is 3.53. The molecular formula is C19H20N2. The molecule has 106 valence electrons. The van der Waals surface area contributed by atoms with Gasteiger partial charge in [-0.1, -0.05) is 36.4 Å². The van der Waals surface area contributed by atoms with E-state index in [2.05, 4.69) is 61.2 Å². The van der Waals surface area contributed by atoms with Gasteiger partial charge in [-0.15, -0.1) is 0 Å². The first-order chi connectivity index (χ1) is 10.3. The molecule has 2 nitrogen and oxygen atoms in total. The summed E-state index contributed by atoms with van der Waals surface area (Å²) in [6.45, 7) is 6.39. The predicted molar refractivity (Wildman–Crippen MR) is 90.1 cm³/mol. The molecule has 0 fully saturated rings. The summed E-state index contributed by atoms with van der Waals surface area (Å²) in [5.74, 6) is 0. The van der Waals surface area contributed by atoms with Gasteiger partial charge in [-0.3, -0.25) is 0 Å². The Morgan fingerprint density at radius 1 is 0.857 bits per heavy atom. The zero-order valence-corrected chi connectivity index (χ0v) is 12.6. The summed E-state index contributed by atoms with van der Waals surface area (Å²) in [7, 11) is 0. The second kappa shape index (κ2) is 7.31. The van der Waals surface area contributed by atoms with Crippen LogP contribution in [0, 0.1) is 11.3 Å². The largest absolute Gasteiger partial charge is 0.372 e. The molecular weight excluding hydrogens is 256 g/mol. The van der Waals surface area contributed by atoms with Crippen molar-refractivity contribution in [1.82, 2.24) is 0 Å². The minimum absolute atomic E-state index is 0.690. The van der Waals surface area contributed by atoms with Gasteiger partial charge >= 0.3 is 0 Å². The molecule has 0 aromatic heterocycles. The smallest absolute Gasteiger partial charge is 0.0991 e. The molecule has 0 bridgehead atoms. The van der Waals surface area contributed by atoms with Crippen molar-refractivity contribution >= 4 is 17.8 Å². The van der Waals surface area contributed by atoms with Crippen LogP contribution in [0.25, 0.3) is 12.2 Å². The molecule has 0 radical (unpaired) electrons. The third kappa shape index (κ3) is 3.97. The Labute approximate surface area is 127 Å². The summed E-state index contributed by atoms with van der Waals surface area (Å²) in [4.78, 5) is 2.33. The van der Waals surface area contributed by atoms with Crippen LogP contribution < -0.4 is 4.90 Å². The number of hydrogen-bond donors (Lipinski definition) is 0. The SMILES string of the molecule is CCN(CC)c1ccc(C=Cc2ccc(C#N)cc2)cc1. The molecule has 0 atom stereocenters. The second-order valence-electron chi connectivity index (χ2n) is 4.83. The van der Waals surface area contributed by atoms with Gasteiger partial charge in [0.05, 0.1) is 11.6 Å². The molecule has 0 aliphatic rings. The van der Waals surface area contributed by atoms with E-state index < -0.39 is 0 Å². The topological polar surface area (TPSA) is 27.0 Å². The van der Waals surface area contributed by atoms with Crippen molar-refractivity contribution in [2.45, 2.75) is 13.8 Å². The summed E-state index contributed by atoms with van der Waals surface area (Å²) in [6.07, 6.45) is 4.15. The molecule has 0 spiro atoms. The molecule has 2 rings (SSSR count). The van der Waals surface area contributed by atoms with E-state index in [0.717, 1.165) is 18.7 Å². The molecule has 2 aromatic rings. The van der Waals surface area contributed by atoms with Crippen LogP contribution in [0.4, 0.5) is 5.69 Å². The number of hydrogen-bond acceptors (Lipinski definition) is 2. The Hall–Kier alpha value is -2.53. The maximum atomic E-state index is 8.78. The molecule has 0 aliphatic carbocycles. The van der Waals surface area contributed by atoms with Crippen molar-refractivity contribution in [3.63, 3.8) is 0 Å². The van der Waals surface area contributed by atoms with E-state index in [-0.39, 0.29) is 0 Å². The van der Waals surface area contributed by atoms with Crippen LogP contribution in [0.5, 0.6) is 0 Å². The van der Waals surface area contributed by atoms with Gasteiger partial charge in [-0.2, -0.15) is 5.26 Å². The Balaban J connectivity index is 2.08. The third-order valence-electron chi connectivity index (χ3n) is 3.53. The van der Waals surface area contributed by atoms with Crippen LogP contribution in [0.3, 0.4) is 0 Å². The highest BCUT2D eigenvalue weighted by Gasteiger charge is 2.00. The van der Waals surface area contributed by atoms with Crippen LogP contribution in [-0.4, -0.2) is 13.1 Å². The van der Waals surface area contributed by atoms with Gasteiger partial charge in [0.25, 0.3) is 0 Å². The molecule has 0 N–H and O–H groups in total. The minimum atomic E-state index is 0.690. The lowest BCUT2D eigenvalue weighted by molar-refractivity contribution is 0.866. The van der Waals surface area contributed by atoms with E-state index in [1.54, 1.807) is 0 Å². The van der Waals surface area contributed by atoms with Crippen molar-refractivity contribution in [2.24, 2.45) is 0 Å². The zero-order valence-electron chi connectivity index (χ0n) is 12.6. The summed E-state index contributed by atoms with van der Waals surface area (Å²) in [6, 6.07) is 18.3. The fourth-order valence-corrected chi connectivity index (χ4v) is 2.25. The first-order valence-corrected chi connectivity index (χ1v) is 7.30. The van der Waals surface area contributed by atoms with E-state index in [1.165, 1.54) is 11.3 Å². The van der Waals surface area contributed by atoms with E-state index in [0.29, 0.717) is 5.56 Å². The molecule has 2 aromatic carbocycles. The predicted octanol–water partition coefficient (Wildman–Crippen LogP) is 4.57. The second-order valence-corrected chi connectivity index (χ2v) is 4.83. The van der Waals surface area contributed by atoms with Crippen molar-refractivity contribution in [2.75, 3.05) is 18.0 Å². The standard InChI is InChI=1S/C19H20N2/c1-3-21(4-2)19-13-11-17(12-14-19)6-5-16-7-9-18(15-20)10-8-16/h5-14H,3-4H2,1-2H3. The summed E-state index contributed by atoms with van der Waals surface area (Å²) in [5.41, 5.74) is 4.23. The molecule has 0 aliphatic heterocycles. The molecule has 0 heterocycles. The van der Waals surface area contributed by atoms with E-state index in [1.807, 2.05) is 24.3 Å². The highest BCUT2D eigenvalue weighted by Crippen LogP contribution is 2.16. The molecule has 0 amide bonds. The lowest BCUT2D eigenvalue weighted by Crippen LogP contribution is -2.21. The number of benzene rings is 2.